The van der Waals surface area contributed by atoms with Crippen LogP contribution in [0.5, 0.6) is 0 Å². The minimum Gasteiger partial charge on any atom is -0.481 e. The standard InChI is InChI=1S/C16H22N2O3/c1-11(2)18(8-7-16(20)21)15(19)9-12-10-17-14-6-4-3-5-13(12)14/h3-6,11-12,17H,7-10H2,1-2H3,(H,20,21). The van der Waals surface area contributed by atoms with Crippen LogP contribution in [0, 0.1) is 0 Å². The number of rotatable bonds is 6. The van der Waals surface area contributed by atoms with Crippen molar-refractivity contribution in [3.8, 4) is 0 Å². The molecule has 0 radical (unpaired) electrons. The number of nitrogens with zero attached hydrogens (tertiary/aromatic N) is 1. The number of amides is 1. The molecule has 0 fully saturated rings. The Bertz CT molecular complexity index is 528. The Hall–Kier alpha value is -2.04. The normalized spacial score (nSPS) is 16.4. The molecule has 1 amide bonds. The van der Waals surface area contributed by atoms with Gasteiger partial charge in [0.2, 0.25) is 5.91 Å². The smallest absolute Gasteiger partial charge is 0.305 e. The van der Waals surface area contributed by atoms with Crippen molar-refractivity contribution < 1.29 is 14.7 Å². The zero-order chi connectivity index (χ0) is 15.4. The lowest BCUT2D eigenvalue weighted by Crippen LogP contribution is -2.39. The zero-order valence-electron chi connectivity index (χ0n) is 12.5. The van der Waals surface area contributed by atoms with E-state index in [2.05, 4.69) is 5.32 Å². The summed E-state index contributed by atoms with van der Waals surface area (Å²) >= 11 is 0. The van der Waals surface area contributed by atoms with Crippen LogP contribution in [0.15, 0.2) is 24.3 Å². The van der Waals surface area contributed by atoms with Crippen LogP contribution < -0.4 is 5.32 Å². The second-order valence-electron chi connectivity index (χ2n) is 5.69. The second kappa shape index (κ2) is 6.61. The van der Waals surface area contributed by atoms with Gasteiger partial charge in [0.1, 0.15) is 0 Å². The number of carbonyl (C=O) groups excluding carboxylic acids is 1. The number of hydrogen-bond donors (Lipinski definition) is 2. The first-order valence-corrected chi connectivity index (χ1v) is 7.33. The maximum Gasteiger partial charge on any atom is 0.305 e. The molecule has 5 nitrogen and oxygen atoms in total. The second-order valence-corrected chi connectivity index (χ2v) is 5.69. The van der Waals surface area contributed by atoms with Gasteiger partial charge in [0, 0.05) is 37.2 Å². The van der Waals surface area contributed by atoms with E-state index in [1.54, 1.807) is 4.90 Å². The number of benzene rings is 1. The van der Waals surface area contributed by atoms with Gasteiger partial charge < -0.3 is 15.3 Å². The van der Waals surface area contributed by atoms with Crippen molar-refractivity contribution in [3.05, 3.63) is 29.8 Å². The van der Waals surface area contributed by atoms with Gasteiger partial charge in [0.25, 0.3) is 0 Å². The Morgan fingerprint density at radius 1 is 1.38 bits per heavy atom. The lowest BCUT2D eigenvalue weighted by molar-refractivity contribution is -0.139. The molecule has 0 spiro atoms. The van der Waals surface area contributed by atoms with E-state index in [-0.39, 0.29) is 30.8 Å². The molecule has 2 N–H and O–H groups in total. The molecule has 5 heteroatoms. The monoisotopic (exact) mass is 290 g/mol. The van der Waals surface area contributed by atoms with Crippen LogP contribution in [-0.2, 0) is 9.59 Å². The molecule has 21 heavy (non-hydrogen) atoms. The number of carboxylic acids is 1. The predicted molar refractivity (Wildman–Crippen MR) is 81.4 cm³/mol. The van der Waals surface area contributed by atoms with Gasteiger partial charge in [0.05, 0.1) is 6.42 Å². The van der Waals surface area contributed by atoms with E-state index >= 15 is 0 Å². The van der Waals surface area contributed by atoms with Gasteiger partial charge in [-0.15, -0.1) is 0 Å². The van der Waals surface area contributed by atoms with Crippen molar-refractivity contribution in [2.45, 2.75) is 38.6 Å². The van der Waals surface area contributed by atoms with Crippen LogP contribution >= 0.6 is 0 Å². The highest BCUT2D eigenvalue weighted by atomic mass is 16.4. The molecule has 0 bridgehead atoms. The third-order valence-corrected chi connectivity index (χ3v) is 3.87. The van der Waals surface area contributed by atoms with Crippen LogP contribution in [0.25, 0.3) is 0 Å². The summed E-state index contributed by atoms with van der Waals surface area (Å²) in [7, 11) is 0. The maximum absolute atomic E-state index is 12.5. The third-order valence-electron chi connectivity index (χ3n) is 3.87. The Labute approximate surface area is 125 Å². The fourth-order valence-corrected chi connectivity index (χ4v) is 2.75. The first-order valence-electron chi connectivity index (χ1n) is 7.33. The summed E-state index contributed by atoms with van der Waals surface area (Å²) in [5, 5.41) is 12.1. The molecule has 1 heterocycles. The van der Waals surface area contributed by atoms with Gasteiger partial charge in [-0.25, -0.2) is 0 Å². The van der Waals surface area contributed by atoms with E-state index in [4.69, 9.17) is 5.11 Å². The van der Waals surface area contributed by atoms with Crippen molar-refractivity contribution in [2.75, 3.05) is 18.4 Å². The summed E-state index contributed by atoms with van der Waals surface area (Å²) in [6.07, 6.45) is 0.408. The Morgan fingerprint density at radius 2 is 2.10 bits per heavy atom. The highest BCUT2D eigenvalue weighted by Crippen LogP contribution is 2.33. The number of carbonyl (C=O) groups is 2. The van der Waals surface area contributed by atoms with Gasteiger partial charge in [-0.3, -0.25) is 9.59 Å². The number of nitrogens with one attached hydrogen (secondary N) is 1. The van der Waals surface area contributed by atoms with Gasteiger partial charge in [-0.05, 0) is 25.5 Å². The maximum atomic E-state index is 12.5. The fourth-order valence-electron chi connectivity index (χ4n) is 2.75. The molecular weight excluding hydrogens is 268 g/mol. The molecule has 2 rings (SSSR count). The molecule has 0 saturated heterocycles. The van der Waals surface area contributed by atoms with Crippen molar-refractivity contribution in [1.29, 1.82) is 0 Å². The van der Waals surface area contributed by atoms with Crippen molar-refractivity contribution in [3.63, 3.8) is 0 Å². The topological polar surface area (TPSA) is 69.6 Å². The Kier molecular flexibility index (Phi) is 4.83. The number of hydrogen-bond acceptors (Lipinski definition) is 3. The molecule has 0 saturated carbocycles. The number of anilines is 1. The van der Waals surface area contributed by atoms with Crippen LogP contribution in [0.3, 0.4) is 0 Å². The van der Waals surface area contributed by atoms with E-state index < -0.39 is 5.97 Å². The number of fused-ring (bicyclic) bond motifs is 1. The molecule has 1 atom stereocenters. The van der Waals surface area contributed by atoms with Crippen LogP contribution in [0.1, 0.15) is 38.2 Å². The van der Waals surface area contributed by atoms with Gasteiger partial charge in [-0.2, -0.15) is 0 Å². The lowest BCUT2D eigenvalue weighted by atomic mass is 9.97. The Morgan fingerprint density at radius 3 is 2.76 bits per heavy atom. The summed E-state index contributed by atoms with van der Waals surface area (Å²) < 4.78 is 0. The first kappa shape index (κ1) is 15.4. The van der Waals surface area contributed by atoms with E-state index in [0.717, 1.165) is 12.2 Å². The van der Waals surface area contributed by atoms with E-state index in [1.807, 2.05) is 38.1 Å². The molecule has 0 aromatic heterocycles. The summed E-state index contributed by atoms with van der Waals surface area (Å²) in [5.74, 6) is -0.684. The molecule has 1 aromatic rings. The lowest BCUT2D eigenvalue weighted by Gasteiger charge is -2.27. The van der Waals surface area contributed by atoms with Crippen LogP contribution in [0.2, 0.25) is 0 Å². The van der Waals surface area contributed by atoms with Crippen LogP contribution in [-0.4, -0.2) is 41.0 Å². The molecule has 114 valence electrons. The quantitative estimate of drug-likeness (QED) is 0.843. The van der Waals surface area contributed by atoms with Crippen molar-refractivity contribution >= 4 is 17.6 Å². The number of aliphatic carboxylic acids is 1. The molecule has 0 aliphatic carbocycles. The van der Waals surface area contributed by atoms with Gasteiger partial charge >= 0.3 is 5.97 Å². The van der Waals surface area contributed by atoms with E-state index in [9.17, 15) is 9.59 Å². The highest BCUT2D eigenvalue weighted by molar-refractivity contribution is 5.79. The van der Waals surface area contributed by atoms with Crippen molar-refractivity contribution in [1.82, 2.24) is 4.90 Å². The minimum absolute atomic E-state index is 0.0105. The SMILES string of the molecule is CC(C)N(CCC(=O)O)C(=O)CC1CNc2ccccc21. The van der Waals surface area contributed by atoms with E-state index in [1.165, 1.54) is 5.56 Å². The third kappa shape index (κ3) is 3.74. The fraction of sp³-hybridized carbons (Fsp3) is 0.500. The summed E-state index contributed by atoms with van der Waals surface area (Å²) in [5.41, 5.74) is 2.27. The van der Waals surface area contributed by atoms with Crippen LogP contribution in [0.4, 0.5) is 5.69 Å². The minimum atomic E-state index is -0.874. The Balaban J connectivity index is 2.01. The van der Waals surface area contributed by atoms with Crippen molar-refractivity contribution in [2.24, 2.45) is 0 Å². The molecule has 1 aliphatic rings. The highest BCUT2D eigenvalue weighted by Gasteiger charge is 2.27. The number of carboxylic acid groups (broad SMARTS) is 1. The average Bonchev–Trinajstić information content (AvgIpc) is 2.82. The summed E-state index contributed by atoms with van der Waals surface area (Å²) in [4.78, 5) is 24.8. The number of para-hydroxylation sites is 1. The summed E-state index contributed by atoms with van der Waals surface area (Å²) in [6, 6.07) is 8.04. The predicted octanol–water partition coefficient (Wildman–Crippen LogP) is 2.30. The molecule has 1 aromatic carbocycles. The molecule has 1 unspecified atom stereocenters. The van der Waals surface area contributed by atoms with Gasteiger partial charge in [0.15, 0.2) is 0 Å². The largest absolute Gasteiger partial charge is 0.481 e. The van der Waals surface area contributed by atoms with E-state index in [0.29, 0.717) is 6.42 Å². The first-order chi connectivity index (χ1) is 9.99. The molecule has 1 aliphatic heterocycles. The molecular formula is C16H22N2O3. The zero-order valence-corrected chi connectivity index (χ0v) is 12.5. The van der Waals surface area contributed by atoms with Gasteiger partial charge in [-0.1, -0.05) is 18.2 Å². The summed E-state index contributed by atoms with van der Waals surface area (Å²) in [6.45, 7) is 4.87. The average molecular weight is 290 g/mol.